The number of aliphatic carboxylic acids is 2. The molecule has 1 amide bonds. The Bertz CT molecular complexity index is 1340. The van der Waals surface area contributed by atoms with Gasteiger partial charge in [0.2, 0.25) is 0 Å². The molecule has 0 aromatic heterocycles. The third kappa shape index (κ3) is 13.4. The van der Waals surface area contributed by atoms with E-state index in [9.17, 15) is 19.5 Å². The highest BCUT2D eigenvalue weighted by Gasteiger charge is 2.36. The zero-order chi connectivity index (χ0) is 32.4. The van der Waals surface area contributed by atoms with Gasteiger partial charge in [0.05, 0.1) is 0 Å². The number of benzene rings is 3. The van der Waals surface area contributed by atoms with Crippen LogP contribution in [-0.2, 0) is 43.1 Å². The Balaban J connectivity index is 1.41. The van der Waals surface area contributed by atoms with E-state index in [1.54, 1.807) is 0 Å². The second kappa shape index (κ2) is 19.6. The number of carboxylic acids is 2. The standard InChI is InChI=1S/C37H49NO7/c1-27(2)15-16-29-19-17-28(18-20-29)11-6-4-10-24-44-34(35(37(42)43)45-26-33(39)40)36(41)38-23-9-3-5-12-30-21-22-31-13-7-8-14-32(31)25-30/h7-8,13-14,17-22,25,27,34-35H,3-6,9-12,15-16,23-24,26H2,1-2H3,(H,38,41)(H,39,40)(H,42,43). The number of carbonyl (C=O) groups is 3. The average Bonchev–Trinajstić information content (AvgIpc) is 3.02. The molecule has 3 rings (SSSR count). The average molecular weight is 620 g/mol. The van der Waals surface area contributed by atoms with Crippen molar-refractivity contribution in [2.75, 3.05) is 19.8 Å². The van der Waals surface area contributed by atoms with Crippen LogP contribution in [0.15, 0.2) is 66.7 Å². The van der Waals surface area contributed by atoms with Crippen molar-refractivity contribution in [3.05, 3.63) is 83.4 Å². The maximum Gasteiger partial charge on any atom is 0.336 e. The van der Waals surface area contributed by atoms with Crippen molar-refractivity contribution in [2.24, 2.45) is 5.92 Å². The zero-order valence-electron chi connectivity index (χ0n) is 26.7. The third-order valence-corrected chi connectivity index (χ3v) is 7.86. The molecule has 0 radical (unpaired) electrons. The Morgan fingerprint density at radius 1 is 0.689 bits per heavy atom. The number of nitrogens with one attached hydrogen (secondary N) is 1. The first kappa shape index (κ1) is 35.7. The minimum atomic E-state index is -1.72. The van der Waals surface area contributed by atoms with Crippen molar-refractivity contribution in [1.82, 2.24) is 5.32 Å². The maximum absolute atomic E-state index is 13.0. The Kier molecular flexibility index (Phi) is 15.6. The predicted octanol–water partition coefficient (Wildman–Crippen LogP) is 6.61. The first-order valence-electron chi connectivity index (χ1n) is 16.2. The topological polar surface area (TPSA) is 122 Å². The van der Waals surface area contributed by atoms with Gasteiger partial charge in [-0.05, 0) is 84.7 Å². The number of unbranched alkanes of at least 4 members (excludes halogenated alkanes) is 4. The summed E-state index contributed by atoms with van der Waals surface area (Å²) in [5.41, 5.74) is 3.89. The quantitative estimate of drug-likeness (QED) is 0.108. The Morgan fingerprint density at radius 3 is 1.98 bits per heavy atom. The van der Waals surface area contributed by atoms with Gasteiger partial charge in [-0.15, -0.1) is 0 Å². The van der Waals surface area contributed by atoms with Crippen LogP contribution in [0.1, 0.15) is 75.5 Å². The van der Waals surface area contributed by atoms with E-state index >= 15 is 0 Å². The van der Waals surface area contributed by atoms with Crippen LogP contribution in [-0.4, -0.2) is 60.0 Å². The number of hydrogen-bond donors (Lipinski definition) is 3. The molecular weight excluding hydrogens is 570 g/mol. The van der Waals surface area contributed by atoms with Crippen molar-refractivity contribution in [2.45, 2.75) is 90.3 Å². The van der Waals surface area contributed by atoms with E-state index in [1.807, 2.05) is 12.1 Å². The second-order valence-corrected chi connectivity index (χ2v) is 12.1. The molecule has 0 heterocycles. The molecule has 45 heavy (non-hydrogen) atoms. The summed E-state index contributed by atoms with van der Waals surface area (Å²) in [6, 6.07) is 23.5. The van der Waals surface area contributed by atoms with Gasteiger partial charge < -0.3 is 25.0 Å². The lowest BCUT2D eigenvalue weighted by Crippen LogP contribution is -2.49. The molecule has 0 fully saturated rings. The summed E-state index contributed by atoms with van der Waals surface area (Å²) in [5.74, 6) is -2.69. The molecule has 244 valence electrons. The number of amides is 1. The minimum Gasteiger partial charge on any atom is -0.480 e. The second-order valence-electron chi connectivity index (χ2n) is 12.1. The van der Waals surface area contributed by atoms with Crippen LogP contribution < -0.4 is 5.32 Å². The number of carboxylic acid groups (broad SMARTS) is 2. The number of ether oxygens (including phenoxy) is 2. The number of aryl methyl sites for hydroxylation is 3. The molecule has 0 aliphatic heterocycles. The lowest BCUT2D eigenvalue weighted by Gasteiger charge is -2.23. The number of hydrogen-bond acceptors (Lipinski definition) is 5. The van der Waals surface area contributed by atoms with Crippen LogP contribution in [0, 0.1) is 5.92 Å². The molecule has 2 unspecified atom stereocenters. The van der Waals surface area contributed by atoms with Crippen LogP contribution >= 0.6 is 0 Å². The van der Waals surface area contributed by atoms with Gasteiger partial charge in [-0.1, -0.05) is 93.4 Å². The van der Waals surface area contributed by atoms with E-state index < -0.39 is 36.7 Å². The molecule has 0 aliphatic rings. The highest BCUT2D eigenvalue weighted by atomic mass is 16.6. The summed E-state index contributed by atoms with van der Waals surface area (Å²) in [7, 11) is 0. The molecule has 0 spiro atoms. The summed E-state index contributed by atoms with van der Waals surface area (Å²) < 4.78 is 10.8. The van der Waals surface area contributed by atoms with Crippen LogP contribution in [0.25, 0.3) is 10.8 Å². The van der Waals surface area contributed by atoms with E-state index in [2.05, 4.69) is 73.8 Å². The van der Waals surface area contributed by atoms with Crippen LogP contribution in [0.4, 0.5) is 0 Å². The lowest BCUT2D eigenvalue weighted by atomic mass is 10.00. The van der Waals surface area contributed by atoms with Gasteiger partial charge in [-0.25, -0.2) is 9.59 Å². The minimum absolute atomic E-state index is 0.165. The zero-order valence-corrected chi connectivity index (χ0v) is 26.7. The van der Waals surface area contributed by atoms with Gasteiger partial charge in [0.25, 0.3) is 5.91 Å². The molecule has 2 atom stereocenters. The molecule has 0 saturated carbocycles. The number of rotatable bonds is 22. The highest BCUT2D eigenvalue weighted by Crippen LogP contribution is 2.18. The van der Waals surface area contributed by atoms with Crippen molar-refractivity contribution in [3.8, 4) is 0 Å². The highest BCUT2D eigenvalue weighted by molar-refractivity contribution is 5.88. The first-order valence-corrected chi connectivity index (χ1v) is 16.2. The molecule has 0 aliphatic carbocycles. The fourth-order valence-corrected chi connectivity index (χ4v) is 5.23. The maximum atomic E-state index is 13.0. The van der Waals surface area contributed by atoms with Gasteiger partial charge >= 0.3 is 11.9 Å². The van der Waals surface area contributed by atoms with Crippen molar-refractivity contribution >= 4 is 28.6 Å². The van der Waals surface area contributed by atoms with E-state index in [-0.39, 0.29) is 6.61 Å². The third-order valence-electron chi connectivity index (χ3n) is 7.86. The van der Waals surface area contributed by atoms with Gasteiger partial charge in [-0.3, -0.25) is 4.79 Å². The SMILES string of the molecule is CC(C)CCc1ccc(CCCCCOC(C(=O)NCCCCCc2ccc3ccccc3c2)C(OCC(=O)O)C(=O)O)cc1. The predicted molar refractivity (Wildman–Crippen MR) is 176 cm³/mol. The van der Waals surface area contributed by atoms with Crippen LogP contribution in [0.2, 0.25) is 0 Å². The molecular formula is C37H49NO7. The van der Waals surface area contributed by atoms with Crippen molar-refractivity contribution < 1.29 is 34.1 Å². The van der Waals surface area contributed by atoms with Crippen molar-refractivity contribution in [1.29, 1.82) is 0 Å². The normalized spacial score (nSPS) is 12.7. The molecule has 8 heteroatoms. The van der Waals surface area contributed by atoms with Gasteiger partial charge in [-0.2, -0.15) is 0 Å². The fraction of sp³-hybridized carbons (Fsp3) is 0.486. The van der Waals surface area contributed by atoms with E-state index in [4.69, 9.17) is 14.6 Å². The summed E-state index contributed by atoms with van der Waals surface area (Å²) in [6.45, 7) is 4.15. The molecule has 3 aromatic rings. The summed E-state index contributed by atoms with van der Waals surface area (Å²) in [6.07, 6.45) is 5.92. The van der Waals surface area contributed by atoms with E-state index in [0.717, 1.165) is 51.4 Å². The summed E-state index contributed by atoms with van der Waals surface area (Å²) >= 11 is 0. The first-order chi connectivity index (χ1) is 21.7. The smallest absolute Gasteiger partial charge is 0.336 e. The van der Waals surface area contributed by atoms with Gasteiger partial charge in [0.15, 0.2) is 12.2 Å². The van der Waals surface area contributed by atoms with Gasteiger partial charge in [0.1, 0.15) is 6.61 Å². The van der Waals surface area contributed by atoms with Crippen molar-refractivity contribution in [3.63, 3.8) is 0 Å². The van der Waals surface area contributed by atoms with Gasteiger partial charge in [0, 0.05) is 13.2 Å². The van der Waals surface area contributed by atoms with E-state index in [1.165, 1.54) is 33.9 Å². The largest absolute Gasteiger partial charge is 0.480 e. The Labute approximate surface area is 267 Å². The number of fused-ring (bicyclic) bond motifs is 1. The lowest BCUT2D eigenvalue weighted by molar-refractivity contribution is -0.172. The monoisotopic (exact) mass is 619 g/mol. The van der Waals surface area contributed by atoms with Crippen LogP contribution in [0.3, 0.4) is 0 Å². The van der Waals surface area contributed by atoms with E-state index in [0.29, 0.717) is 18.9 Å². The number of carbonyl (C=O) groups excluding carboxylic acids is 1. The van der Waals surface area contributed by atoms with Crippen LogP contribution in [0.5, 0.6) is 0 Å². The fourth-order valence-electron chi connectivity index (χ4n) is 5.23. The summed E-state index contributed by atoms with van der Waals surface area (Å²) in [5, 5.41) is 23.9. The molecule has 3 N–H and O–H groups in total. The summed E-state index contributed by atoms with van der Waals surface area (Å²) in [4.78, 5) is 35.9. The Morgan fingerprint density at radius 2 is 1.31 bits per heavy atom. The molecule has 0 bridgehead atoms. The Hall–Kier alpha value is -3.75. The molecule has 8 nitrogen and oxygen atoms in total. The molecule has 0 saturated heterocycles. The molecule has 3 aromatic carbocycles.